The van der Waals surface area contributed by atoms with Crippen molar-refractivity contribution in [3.63, 3.8) is 0 Å². The average Bonchev–Trinajstić information content (AvgIpc) is 3.44. The summed E-state index contributed by atoms with van der Waals surface area (Å²) in [6.07, 6.45) is 0.377. The van der Waals surface area contributed by atoms with Crippen LogP contribution in [0.3, 0.4) is 0 Å². The maximum Gasteiger partial charge on any atom is 0.313 e. The lowest BCUT2D eigenvalue weighted by atomic mass is 9.80. The number of fused-ring (bicyclic) bond motifs is 3. The summed E-state index contributed by atoms with van der Waals surface area (Å²) in [6, 6.07) is 20.5. The Kier molecular flexibility index (Phi) is 6.80. The molecular weight excluding hydrogens is 506 g/mol. The van der Waals surface area contributed by atoms with Gasteiger partial charge in [0.1, 0.15) is 12.1 Å². The minimum atomic E-state index is -1.07. The van der Waals surface area contributed by atoms with Crippen LogP contribution < -0.4 is 16.0 Å². The molecule has 3 N–H and O–H groups in total. The molecule has 2 aliphatic rings. The second-order valence-electron chi connectivity index (χ2n) is 11.7. The van der Waals surface area contributed by atoms with Crippen molar-refractivity contribution in [2.24, 2.45) is 5.41 Å². The Labute approximate surface area is 232 Å². The molecule has 0 aliphatic carbocycles. The Balaban J connectivity index is 1.36. The second kappa shape index (κ2) is 10.1. The van der Waals surface area contributed by atoms with Crippen molar-refractivity contribution >= 4 is 45.8 Å². The molecule has 40 heavy (non-hydrogen) atoms. The van der Waals surface area contributed by atoms with E-state index in [0.717, 1.165) is 16.3 Å². The number of nitrogens with zero attached hydrogens (tertiary/aromatic N) is 2. The number of nitrogens with one attached hydrogen (secondary N) is 3. The standard InChI is InChI=1S/C31H31N5O4/c1-30(2,3)16-25(34-27(38)26(37)33-21-13-12-19-8-4-5-9-20(19)14-21)28(39)36-18-31(15-22(36)17-32)23-10-6-7-11-24(23)35-29(31)40/h4-14,22,25H,15-16,18H2,1-3H3,(H,33,37)(H,34,38)(H,35,40)/t22?,25-,31-/m0/s1. The zero-order valence-electron chi connectivity index (χ0n) is 22.7. The lowest BCUT2D eigenvalue weighted by molar-refractivity contribution is -0.141. The normalized spacial score (nSPS) is 20.5. The predicted octanol–water partition coefficient (Wildman–Crippen LogP) is 3.71. The Bertz CT molecular complexity index is 1570. The van der Waals surface area contributed by atoms with Gasteiger partial charge in [-0.15, -0.1) is 0 Å². The van der Waals surface area contributed by atoms with E-state index in [4.69, 9.17) is 0 Å². The topological polar surface area (TPSA) is 131 Å². The molecule has 2 heterocycles. The highest BCUT2D eigenvalue weighted by molar-refractivity contribution is 6.40. The van der Waals surface area contributed by atoms with E-state index in [1.54, 1.807) is 18.2 Å². The SMILES string of the molecule is CC(C)(C)C[C@H](NC(=O)C(=O)Nc1ccc2ccccc2c1)C(=O)N1C[C@]2(CC1C#N)C(=O)Nc1ccccc12. The maximum atomic E-state index is 13.9. The molecule has 1 saturated heterocycles. The Hall–Kier alpha value is -4.71. The number of hydrogen-bond donors (Lipinski definition) is 3. The molecule has 4 amide bonds. The van der Waals surface area contributed by atoms with Gasteiger partial charge < -0.3 is 20.9 Å². The molecule has 9 heteroatoms. The van der Waals surface area contributed by atoms with Crippen LogP contribution in [0, 0.1) is 16.7 Å². The highest BCUT2D eigenvalue weighted by Gasteiger charge is 2.56. The summed E-state index contributed by atoms with van der Waals surface area (Å²) in [5, 5.41) is 20.0. The molecule has 1 fully saturated rings. The molecule has 0 saturated carbocycles. The van der Waals surface area contributed by atoms with E-state index in [-0.39, 0.29) is 30.7 Å². The van der Waals surface area contributed by atoms with E-state index in [1.807, 2.05) is 69.3 Å². The number of hydrogen-bond acceptors (Lipinski definition) is 5. The summed E-state index contributed by atoms with van der Waals surface area (Å²) in [5.41, 5.74) is 0.440. The number of para-hydroxylation sites is 1. The Morgan fingerprint density at radius 3 is 2.48 bits per heavy atom. The van der Waals surface area contributed by atoms with Crippen LogP contribution in [-0.4, -0.2) is 47.2 Å². The first-order chi connectivity index (χ1) is 19.0. The van der Waals surface area contributed by atoms with E-state index in [1.165, 1.54) is 4.90 Å². The first-order valence-electron chi connectivity index (χ1n) is 13.2. The number of benzene rings is 3. The number of carbonyl (C=O) groups excluding carboxylic acids is 4. The lowest BCUT2D eigenvalue weighted by Crippen LogP contribution is -2.53. The van der Waals surface area contributed by atoms with Crippen molar-refractivity contribution in [2.45, 2.75) is 51.1 Å². The van der Waals surface area contributed by atoms with E-state index in [2.05, 4.69) is 22.0 Å². The van der Waals surface area contributed by atoms with E-state index < -0.39 is 35.2 Å². The largest absolute Gasteiger partial charge is 0.336 e. The molecule has 1 unspecified atom stereocenters. The molecule has 0 aromatic heterocycles. The summed E-state index contributed by atoms with van der Waals surface area (Å²) < 4.78 is 0. The summed E-state index contributed by atoms with van der Waals surface area (Å²) in [5.74, 6) is -2.61. The van der Waals surface area contributed by atoms with Gasteiger partial charge in [0.2, 0.25) is 11.8 Å². The van der Waals surface area contributed by atoms with Crippen molar-refractivity contribution in [3.8, 4) is 6.07 Å². The molecule has 2 aliphatic heterocycles. The van der Waals surface area contributed by atoms with Crippen LogP contribution in [0.2, 0.25) is 0 Å². The monoisotopic (exact) mass is 537 g/mol. The fourth-order valence-electron chi connectivity index (χ4n) is 5.68. The van der Waals surface area contributed by atoms with Gasteiger partial charge in [0.05, 0.1) is 11.5 Å². The number of amides is 4. The minimum Gasteiger partial charge on any atom is -0.336 e. The smallest absolute Gasteiger partial charge is 0.313 e. The van der Waals surface area contributed by atoms with E-state index in [9.17, 15) is 24.4 Å². The molecule has 204 valence electrons. The van der Waals surface area contributed by atoms with Gasteiger partial charge in [0, 0.05) is 24.3 Å². The number of likely N-dealkylation sites (tertiary alicyclic amines) is 1. The maximum absolute atomic E-state index is 13.9. The van der Waals surface area contributed by atoms with Crippen LogP contribution in [0.15, 0.2) is 66.7 Å². The van der Waals surface area contributed by atoms with Crippen molar-refractivity contribution in [2.75, 3.05) is 17.2 Å². The minimum absolute atomic E-state index is 0.00665. The fourth-order valence-corrected chi connectivity index (χ4v) is 5.68. The lowest BCUT2D eigenvalue weighted by Gasteiger charge is -2.31. The Morgan fingerprint density at radius 1 is 1.05 bits per heavy atom. The van der Waals surface area contributed by atoms with Gasteiger partial charge in [-0.2, -0.15) is 5.26 Å². The highest BCUT2D eigenvalue weighted by atomic mass is 16.2. The first kappa shape index (κ1) is 26.9. The fraction of sp³-hybridized carbons (Fsp3) is 0.323. The molecule has 0 radical (unpaired) electrons. The second-order valence-corrected chi connectivity index (χ2v) is 11.7. The van der Waals surface area contributed by atoms with Gasteiger partial charge >= 0.3 is 11.8 Å². The molecular formula is C31H31N5O4. The predicted molar refractivity (Wildman–Crippen MR) is 151 cm³/mol. The molecule has 1 spiro atoms. The molecule has 9 nitrogen and oxygen atoms in total. The molecule has 5 rings (SSSR count). The van der Waals surface area contributed by atoms with Crippen LogP contribution in [0.1, 0.15) is 39.2 Å². The molecule has 3 aromatic rings. The number of carbonyl (C=O) groups is 4. The summed E-state index contributed by atoms with van der Waals surface area (Å²) in [6.45, 7) is 5.76. The van der Waals surface area contributed by atoms with Gasteiger partial charge in [-0.3, -0.25) is 19.2 Å². The average molecular weight is 538 g/mol. The molecule has 3 atom stereocenters. The van der Waals surface area contributed by atoms with Gasteiger partial charge in [-0.25, -0.2) is 0 Å². The van der Waals surface area contributed by atoms with Gasteiger partial charge in [0.25, 0.3) is 0 Å². The number of rotatable bonds is 4. The third-order valence-electron chi connectivity index (χ3n) is 7.55. The summed E-state index contributed by atoms with van der Waals surface area (Å²) in [4.78, 5) is 54.3. The third-order valence-corrected chi connectivity index (χ3v) is 7.55. The third kappa shape index (κ3) is 5.00. The number of anilines is 2. The number of nitriles is 1. The van der Waals surface area contributed by atoms with Crippen molar-refractivity contribution in [3.05, 3.63) is 72.3 Å². The zero-order valence-corrected chi connectivity index (χ0v) is 22.7. The van der Waals surface area contributed by atoms with Crippen LogP contribution in [0.4, 0.5) is 11.4 Å². The van der Waals surface area contributed by atoms with Gasteiger partial charge in [-0.1, -0.05) is 69.3 Å². The van der Waals surface area contributed by atoms with Crippen LogP contribution in [0.25, 0.3) is 10.8 Å². The first-order valence-corrected chi connectivity index (χ1v) is 13.2. The Morgan fingerprint density at radius 2 is 1.75 bits per heavy atom. The van der Waals surface area contributed by atoms with Crippen LogP contribution in [0.5, 0.6) is 0 Å². The highest BCUT2D eigenvalue weighted by Crippen LogP contribution is 2.46. The molecule has 0 bridgehead atoms. The van der Waals surface area contributed by atoms with Crippen molar-refractivity contribution < 1.29 is 19.2 Å². The zero-order chi connectivity index (χ0) is 28.7. The van der Waals surface area contributed by atoms with E-state index in [0.29, 0.717) is 11.4 Å². The van der Waals surface area contributed by atoms with Crippen molar-refractivity contribution in [1.82, 2.24) is 10.2 Å². The summed E-state index contributed by atoms with van der Waals surface area (Å²) in [7, 11) is 0. The van der Waals surface area contributed by atoms with Gasteiger partial charge in [0.15, 0.2) is 0 Å². The van der Waals surface area contributed by atoms with E-state index >= 15 is 0 Å². The van der Waals surface area contributed by atoms with Gasteiger partial charge in [-0.05, 0) is 46.4 Å². The quantitative estimate of drug-likeness (QED) is 0.437. The summed E-state index contributed by atoms with van der Waals surface area (Å²) >= 11 is 0. The van der Waals surface area contributed by atoms with Crippen LogP contribution >= 0.6 is 0 Å². The van der Waals surface area contributed by atoms with Crippen molar-refractivity contribution in [1.29, 1.82) is 5.26 Å². The molecule has 3 aromatic carbocycles. The van der Waals surface area contributed by atoms with Crippen LogP contribution in [-0.2, 0) is 24.6 Å².